The number of alkyl halides is 4. The van der Waals surface area contributed by atoms with Gasteiger partial charge in [-0.05, 0) is 14.1 Å². The summed E-state index contributed by atoms with van der Waals surface area (Å²) in [6.45, 7) is 0. The molecular weight excluding hydrogens is 182 g/mol. The van der Waals surface area contributed by atoms with Gasteiger partial charge in [-0.15, -0.1) is 0 Å². The summed E-state index contributed by atoms with van der Waals surface area (Å²) >= 11 is 0. The maximum atomic E-state index is 11.3. The van der Waals surface area contributed by atoms with Crippen molar-refractivity contribution in [3.05, 3.63) is 0 Å². The van der Waals surface area contributed by atoms with E-state index in [2.05, 4.69) is 5.32 Å². The van der Waals surface area contributed by atoms with Gasteiger partial charge in [0.25, 0.3) is 0 Å². The zero-order valence-electron chi connectivity index (χ0n) is 6.44. The molecule has 0 aromatic rings. The fourth-order valence-corrected chi connectivity index (χ4v) is 0.0933. The molecule has 2 N–H and O–H groups in total. The first-order chi connectivity index (χ1) is 5.30. The summed E-state index contributed by atoms with van der Waals surface area (Å²) in [5.41, 5.74) is 0. The molecule has 3 nitrogen and oxygen atoms in total. The van der Waals surface area contributed by atoms with Crippen LogP contribution in [0, 0.1) is 0 Å². The van der Waals surface area contributed by atoms with Crippen LogP contribution in [0.25, 0.3) is 0 Å². The minimum atomic E-state index is -4.92. The van der Waals surface area contributed by atoms with Crippen LogP contribution in [0.4, 0.5) is 17.6 Å². The molecule has 0 heterocycles. The van der Waals surface area contributed by atoms with E-state index in [1.807, 2.05) is 14.1 Å². The van der Waals surface area contributed by atoms with Gasteiger partial charge in [0.15, 0.2) is 0 Å². The number of carbonyl (C=O) groups is 1. The Bertz CT molecular complexity index is 139. The molecule has 0 spiro atoms. The van der Waals surface area contributed by atoms with Crippen LogP contribution in [0.2, 0.25) is 0 Å². The lowest BCUT2D eigenvalue weighted by molar-refractivity contribution is -0.187. The summed E-state index contributed by atoms with van der Waals surface area (Å²) in [4.78, 5) is 9.23. The van der Waals surface area contributed by atoms with Crippen LogP contribution < -0.4 is 5.32 Å². The fraction of sp³-hybridized carbons (Fsp3) is 0.800. The van der Waals surface area contributed by atoms with E-state index in [-0.39, 0.29) is 0 Å². The topological polar surface area (TPSA) is 49.3 Å². The maximum absolute atomic E-state index is 11.3. The molecule has 0 saturated heterocycles. The summed E-state index contributed by atoms with van der Waals surface area (Å²) in [7, 11) is 3.75. The van der Waals surface area contributed by atoms with E-state index in [1.165, 1.54) is 0 Å². The van der Waals surface area contributed by atoms with Gasteiger partial charge in [-0.2, -0.15) is 8.78 Å². The number of carboxylic acid groups (broad SMARTS) is 1. The van der Waals surface area contributed by atoms with Gasteiger partial charge in [-0.25, -0.2) is 13.6 Å². The zero-order valence-corrected chi connectivity index (χ0v) is 6.44. The van der Waals surface area contributed by atoms with Crippen molar-refractivity contribution in [1.82, 2.24) is 5.32 Å². The molecule has 0 aliphatic rings. The van der Waals surface area contributed by atoms with Gasteiger partial charge in [-0.3, -0.25) is 0 Å². The second-order valence-electron chi connectivity index (χ2n) is 1.73. The lowest BCUT2D eigenvalue weighted by atomic mass is 10.4. The molecule has 7 heteroatoms. The number of aliphatic carboxylic acids is 1. The van der Waals surface area contributed by atoms with Gasteiger partial charge in [0, 0.05) is 0 Å². The van der Waals surface area contributed by atoms with E-state index < -0.39 is 18.3 Å². The summed E-state index contributed by atoms with van der Waals surface area (Å²) in [6.07, 6.45) is -4.14. The van der Waals surface area contributed by atoms with Crippen molar-refractivity contribution in [3.8, 4) is 0 Å². The molecule has 0 aromatic carbocycles. The third-order valence-electron chi connectivity index (χ3n) is 0.559. The van der Waals surface area contributed by atoms with Crippen molar-refractivity contribution in [2.45, 2.75) is 12.3 Å². The van der Waals surface area contributed by atoms with Crippen molar-refractivity contribution in [1.29, 1.82) is 0 Å². The van der Waals surface area contributed by atoms with Crippen molar-refractivity contribution in [3.63, 3.8) is 0 Å². The van der Waals surface area contributed by atoms with E-state index in [1.54, 1.807) is 0 Å². The smallest absolute Gasteiger partial charge is 0.401 e. The standard InChI is InChI=1S/C3H2F4O2.C2H7N/c4-1(5)3(6,7)2(8)9;1-3-2/h1H,(H,8,9);3H,1-2H3. The average Bonchev–Trinajstić information content (AvgIpc) is 1.88. The first-order valence-electron chi connectivity index (χ1n) is 2.78. The maximum Gasteiger partial charge on any atom is 0.401 e. The Kier molecular flexibility index (Phi) is 6.58. The molecular formula is C5H9F4NO2. The fourth-order valence-electron chi connectivity index (χ4n) is 0.0933. The van der Waals surface area contributed by atoms with Crippen LogP contribution in [0.15, 0.2) is 0 Å². The van der Waals surface area contributed by atoms with E-state index in [0.29, 0.717) is 0 Å². The molecule has 0 rings (SSSR count). The van der Waals surface area contributed by atoms with E-state index in [0.717, 1.165) is 0 Å². The van der Waals surface area contributed by atoms with Gasteiger partial charge in [0.2, 0.25) is 0 Å². The monoisotopic (exact) mass is 191 g/mol. The van der Waals surface area contributed by atoms with E-state index in [4.69, 9.17) is 5.11 Å². The van der Waals surface area contributed by atoms with Crippen LogP contribution in [0.5, 0.6) is 0 Å². The normalized spacial score (nSPS) is 10.6. The van der Waals surface area contributed by atoms with Crippen LogP contribution in [0.1, 0.15) is 0 Å². The third kappa shape index (κ3) is 4.89. The second kappa shape index (κ2) is 5.76. The van der Waals surface area contributed by atoms with Gasteiger partial charge in [0.05, 0.1) is 0 Å². The molecule has 0 radical (unpaired) electrons. The highest BCUT2D eigenvalue weighted by Gasteiger charge is 2.49. The van der Waals surface area contributed by atoms with E-state index >= 15 is 0 Å². The summed E-state index contributed by atoms with van der Waals surface area (Å²) < 4.78 is 44.5. The number of nitrogens with one attached hydrogen (secondary N) is 1. The van der Waals surface area contributed by atoms with Crippen molar-refractivity contribution in [2.75, 3.05) is 14.1 Å². The Morgan fingerprint density at radius 1 is 1.42 bits per heavy atom. The van der Waals surface area contributed by atoms with Gasteiger partial charge >= 0.3 is 18.3 Å². The molecule has 12 heavy (non-hydrogen) atoms. The summed E-state index contributed by atoms with van der Waals surface area (Å²) in [5.74, 6) is -7.72. The highest BCUT2D eigenvalue weighted by molar-refractivity contribution is 5.75. The molecule has 0 saturated carbocycles. The third-order valence-corrected chi connectivity index (χ3v) is 0.559. The molecule has 0 bridgehead atoms. The van der Waals surface area contributed by atoms with Gasteiger partial charge < -0.3 is 10.4 Å². The van der Waals surface area contributed by atoms with Crippen molar-refractivity contribution >= 4 is 5.97 Å². The molecule has 0 aliphatic heterocycles. The summed E-state index contributed by atoms with van der Waals surface area (Å²) in [6, 6.07) is 0. The van der Waals surface area contributed by atoms with Gasteiger partial charge in [0.1, 0.15) is 0 Å². The molecule has 74 valence electrons. The quantitative estimate of drug-likeness (QED) is 0.635. The number of rotatable bonds is 2. The first-order valence-corrected chi connectivity index (χ1v) is 2.78. The Balaban J connectivity index is 0. The Morgan fingerprint density at radius 3 is 1.67 bits per heavy atom. The molecule has 0 aromatic heterocycles. The highest BCUT2D eigenvalue weighted by Crippen LogP contribution is 2.22. The molecule has 0 unspecified atom stereocenters. The largest absolute Gasteiger partial charge is 0.477 e. The minimum absolute atomic E-state index is 1.88. The second-order valence-corrected chi connectivity index (χ2v) is 1.73. The predicted molar refractivity (Wildman–Crippen MR) is 33.6 cm³/mol. The Hall–Kier alpha value is -0.850. The van der Waals surface area contributed by atoms with Crippen LogP contribution in [-0.4, -0.2) is 37.5 Å². The van der Waals surface area contributed by atoms with Gasteiger partial charge in [-0.1, -0.05) is 0 Å². The lowest BCUT2D eigenvalue weighted by Crippen LogP contribution is -2.35. The number of hydrogen-bond acceptors (Lipinski definition) is 2. The van der Waals surface area contributed by atoms with Crippen molar-refractivity contribution < 1.29 is 27.5 Å². The summed E-state index contributed by atoms with van der Waals surface area (Å²) in [5, 5.41) is 10.1. The molecule has 0 fully saturated rings. The molecule has 0 amide bonds. The SMILES string of the molecule is CNC.O=C(O)C(F)(F)C(F)F. The van der Waals surface area contributed by atoms with E-state index in [9.17, 15) is 22.4 Å². The number of carboxylic acids is 1. The Morgan fingerprint density at radius 2 is 1.67 bits per heavy atom. The lowest BCUT2D eigenvalue weighted by Gasteiger charge is -2.07. The highest BCUT2D eigenvalue weighted by atomic mass is 19.3. The van der Waals surface area contributed by atoms with Crippen molar-refractivity contribution in [2.24, 2.45) is 0 Å². The Labute approximate surface area is 66.4 Å². The number of hydrogen-bond donors (Lipinski definition) is 2. The first kappa shape index (κ1) is 13.7. The van der Waals surface area contributed by atoms with Crippen LogP contribution >= 0.6 is 0 Å². The minimum Gasteiger partial charge on any atom is -0.477 e. The average molecular weight is 191 g/mol. The predicted octanol–water partition coefficient (Wildman–Crippen LogP) is 0.807. The molecule has 0 aliphatic carbocycles. The zero-order chi connectivity index (χ0) is 10.4. The number of halogens is 4. The van der Waals surface area contributed by atoms with Crippen LogP contribution in [0.3, 0.4) is 0 Å². The molecule has 0 atom stereocenters. The van der Waals surface area contributed by atoms with Crippen LogP contribution in [-0.2, 0) is 4.79 Å².